The quantitative estimate of drug-likeness (QED) is 0.835. The molecule has 150 valence electrons. The number of rotatable bonds is 5. The highest BCUT2D eigenvalue weighted by molar-refractivity contribution is 7.89. The van der Waals surface area contributed by atoms with Crippen LogP contribution in [0.5, 0.6) is 0 Å². The van der Waals surface area contributed by atoms with Gasteiger partial charge < -0.3 is 5.32 Å². The van der Waals surface area contributed by atoms with Crippen LogP contribution in [0.1, 0.15) is 39.0 Å². The molecule has 0 spiro atoms. The van der Waals surface area contributed by atoms with Crippen molar-refractivity contribution < 1.29 is 13.2 Å². The molecule has 6 nitrogen and oxygen atoms in total. The van der Waals surface area contributed by atoms with Crippen molar-refractivity contribution in [2.45, 2.75) is 50.0 Å². The maximum Gasteiger partial charge on any atom is 0.242 e. The summed E-state index contributed by atoms with van der Waals surface area (Å²) in [5.41, 5.74) is 0.516. The second kappa shape index (κ2) is 8.29. The van der Waals surface area contributed by atoms with E-state index >= 15 is 0 Å². The van der Waals surface area contributed by atoms with Gasteiger partial charge in [0.05, 0.1) is 10.9 Å². The van der Waals surface area contributed by atoms with Gasteiger partial charge in [-0.3, -0.25) is 9.69 Å². The molecule has 1 heterocycles. The maximum absolute atomic E-state index is 12.8. The Morgan fingerprint density at radius 3 is 2.59 bits per heavy atom. The Morgan fingerprint density at radius 1 is 1.19 bits per heavy atom. The Hall–Kier alpha value is -1.44. The molecule has 2 fully saturated rings. The molecule has 1 saturated heterocycles. The molecule has 3 atom stereocenters. The van der Waals surface area contributed by atoms with Crippen molar-refractivity contribution in [3.63, 3.8) is 0 Å². The zero-order chi connectivity index (χ0) is 19.6. The molecule has 1 aliphatic carbocycles. The summed E-state index contributed by atoms with van der Waals surface area (Å²) in [6.07, 6.45) is 6.46. The number of nitrogens with one attached hydrogen (secondary N) is 1. The largest absolute Gasteiger partial charge is 0.325 e. The number of hydrogen-bond acceptors (Lipinski definition) is 4. The number of fused-ring (bicyclic) bond motifs is 1. The van der Waals surface area contributed by atoms with Gasteiger partial charge in [-0.1, -0.05) is 25.3 Å². The smallest absolute Gasteiger partial charge is 0.242 e. The molecule has 27 heavy (non-hydrogen) atoms. The predicted octanol–water partition coefficient (Wildman–Crippen LogP) is 2.78. The number of amides is 1. The second-order valence-electron chi connectivity index (χ2n) is 8.07. The highest BCUT2D eigenvalue weighted by Crippen LogP contribution is 2.36. The van der Waals surface area contributed by atoms with E-state index in [2.05, 4.69) is 10.2 Å². The summed E-state index contributed by atoms with van der Waals surface area (Å²) in [4.78, 5) is 15.2. The molecule has 1 aliphatic heterocycles. The van der Waals surface area contributed by atoms with Crippen LogP contribution < -0.4 is 5.32 Å². The molecule has 7 heteroatoms. The number of carbonyl (C=O) groups excluding carboxylic acids is 1. The fraction of sp³-hybridized carbons (Fsp3) is 0.650. The molecule has 1 N–H and O–H groups in total. The lowest BCUT2D eigenvalue weighted by atomic mass is 9.75. The van der Waals surface area contributed by atoms with Crippen molar-refractivity contribution in [2.75, 3.05) is 32.5 Å². The average Bonchev–Trinajstić information content (AvgIpc) is 2.67. The van der Waals surface area contributed by atoms with Crippen LogP contribution in [0, 0.1) is 11.8 Å². The van der Waals surface area contributed by atoms with Gasteiger partial charge in [0.15, 0.2) is 0 Å². The first-order chi connectivity index (χ1) is 12.8. The summed E-state index contributed by atoms with van der Waals surface area (Å²) in [6.45, 7) is 3.90. The average molecular weight is 394 g/mol. The fourth-order valence-electron chi connectivity index (χ4n) is 4.34. The van der Waals surface area contributed by atoms with Gasteiger partial charge in [0.2, 0.25) is 15.9 Å². The molecule has 0 unspecified atom stereocenters. The first-order valence-electron chi connectivity index (χ1n) is 9.86. The molecular weight excluding hydrogens is 362 g/mol. The van der Waals surface area contributed by atoms with Crippen molar-refractivity contribution >= 4 is 21.6 Å². The van der Waals surface area contributed by atoms with E-state index in [0.717, 1.165) is 24.9 Å². The van der Waals surface area contributed by atoms with E-state index in [9.17, 15) is 13.2 Å². The van der Waals surface area contributed by atoms with Gasteiger partial charge in [0.1, 0.15) is 0 Å². The third-order valence-electron chi connectivity index (χ3n) is 6.13. The van der Waals surface area contributed by atoms with E-state index < -0.39 is 10.0 Å². The Morgan fingerprint density at radius 2 is 1.89 bits per heavy atom. The fourth-order valence-corrected chi connectivity index (χ4v) is 5.29. The first kappa shape index (κ1) is 20.3. The van der Waals surface area contributed by atoms with Gasteiger partial charge in [-0.15, -0.1) is 0 Å². The number of nitrogens with zero attached hydrogens (tertiary/aromatic N) is 2. The molecule has 0 bridgehead atoms. The Labute approximate surface area is 163 Å². The Balaban J connectivity index is 1.65. The normalized spacial score (nSPS) is 25.0. The molecular formula is C20H31N3O3S. The molecule has 1 aromatic rings. The molecule has 3 rings (SSSR count). The van der Waals surface area contributed by atoms with E-state index in [1.54, 1.807) is 18.2 Å². The molecule has 1 saturated carbocycles. The van der Waals surface area contributed by atoms with Gasteiger partial charge in [-0.05, 0) is 56.3 Å². The van der Waals surface area contributed by atoms with Crippen molar-refractivity contribution in [3.05, 3.63) is 24.3 Å². The second-order valence-corrected chi connectivity index (χ2v) is 10.2. The van der Waals surface area contributed by atoms with Crippen LogP contribution in [0.2, 0.25) is 0 Å². The van der Waals surface area contributed by atoms with Crippen LogP contribution >= 0.6 is 0 Å². The van der Waals surface area contributed by atoms with Crippen molar-refractivity contribution in [1.82, 2.24) is 9.21 Å². The standard InChI is InChI=1S/C20H31N3O3S/c1-15(23-12-11-16-7-4-5-8-17(16)14-23)20(24)21-18-9-6-10-19(13-18)27(25,26)22(2)3/h6,9-10,13,15-17H,4-5,7-8,11-12,14H2,1-3H3,(H,21,24)/t15-,16-,17+/m0/s1. The number of likely N-dealkylation sites (tertiary alicyclic amines) is 1. The summed E-state index contributed by atoms with van der Waals surface area (Å²) in [5.74, 6) is 1.47. The van der Waals surface area contributed by atoms with E-state index in [0.29, 0.717) is 5.69 Å². The number of benzene rings is 1. The van der Waals surface area contributed by atoms with Crippen LogP contribution in [-0.4, -0.2) is 56.8 Å². The SMILES string of the molecule is C[C@@H](C(=O)Nc1cccc(S(=O)(=O)N(C)C)c1)N1CC[C@@H]2CCCC[C@@H]2C1. The zero-order valence-corrected chi connectivity index (χ0v) is 17.3. The molecule has 0 radical (unpaired) electrons. The summed E-state index contributed by atoms with van der Waals surface area (Å²) in [7, 11) is -0.523. The highest BCUT2D eigenvalue weighted by Gasteiger charge is 2.34. The van der Waals surface area contributed by atoms with Crippen LogP contribution in [0.3, 0.4) is 0 Å². The third-order valence-corrected chi connectivity index (χ3v) is 7.94. The van der Waals surface area contributed by atoms with E-state index in [1.807, 2.05) is 6.92 Å². The van der Waals surface area contributed by atoms with Crippen molar-refractivity contribution in [2.24, 2.45) is 11.8 Å². The van der Waals surface area contributed by atoms with E-state index in [1.165, 1.54) is 56.6 Å². The minimum Gasteiger partial charge on any atom is -0.325 e. The van der Waals surface area contributed by atoms with Crippen molar-refractivity contribution in [3.8, 4) is 0 Å². The number of hydrogen-bond donors (Lipinski definition) is 1. The number of sulfonamides is 1. The summed E-state index contributed by atoms with van der Waals surface area (Å²) in [5, 5.41) is 2.90. The van der Waals surface area contributed by atoms with Crippen LogP contribution in [-0.2, 0) is 14.8 Å². The zero-order valence-electron chi connectivity index (χ0n) is 16.5. The van der Waals surface area contributed by atoms with Gasteiger partial charge in [-0.2, -0.15) is 0 Å². The monoisotopic (exact) mass is 393 g/mol. The van der Waals surface area contributed by atoms with Gasteiger partial charge >= 0.3 is 0 Å². The van der Waals surface area contributed by atoms with Gasteiger partial charge in [-0.25, -0.2) is 12.7 Å². The summed E-state index contributed by atoms with van der Waals surface area (Å²) < 4.78 is 25.8. The minimum absolute atomic E-state index is 0.0799. The maximum atomic E-state index is 12.8. The van der Waals surface area contributed by atoms with Crippen molar-refractivity contribution in [1.29, 1.82) is 0 Å². The molecule has 1 aromatic carbocycles. The number of carbonyl (C=O) groups is 1. The van der Waals surface area contributed by atoms with E-state index in [-0.39, 0.29) is 16.8 Å². The van der Waals surface area contributed by atoms with Crippen LogP contribution in [0.4, 0.5) is 5.69 Å². The molecule has 0 aromatic heterocycles. The van der Waals surface area contributed by atoms with Gasteiger partial charge in [0.25, 0.3) is 0 Å². The Bertz CT molecular complexity index is 778. The Kier molecular flexibility index (Phi) is 6.23. The van der Waals surface area contributed by atoms with Crippen LogP contribution in [0.25, 0.3) is 0 Å². The molecule has 2 aliphatic rings. The van der Waals surface area contributed by atoms with Gasteiger partial charge in [0, 0.05) is 26.3 Å². The number of piperidine rings is 1. The van der Waals surface area contributed by atoms with E-state index in [4.69, 9.17) is 0 Å². The first-order valence-corrected chi connectivity index (χ1v) is 11.3. The summed E-state index contributed by atoms with van der Waals surface area (Å²) in [6, 6.07) is 6.23. The molecule has 1 amide bonds. The van der Waals surface area contributed by atoms with Crippen LogP contribution in [0.15, 0.2) is 29.2 Å². The number of anilines is 1. The highest BCUT2D eigenvalue weighted by atomic mass is 32.2. The lowest BCUT2D eigenvalue weighted by Crippen LogP contribution is -2.49. The topological polar surface area (TPSA) is 69.7 Å². The lowest BCUT2D eigenvalue weighted by molar-refractivity contribution is -0.122. The lowest BCUT2D eigenvalue weighted by Gasteiger charge is -2.43. The third kappa shape index (κ3) is 4.52. The minimum atomic E-state index is -3.52. The summed E-state index contributed by atoms with van der Waals surface area (Å²) >= 11 is 0. The predicted molar refractivity (Wildman–Crippen MR) is 107 cm³/mol.